The van der Waals surface area contributed by atoms with Crippen molar-refractivity contribution in [3.8, 4) is 5.75 Å². The van der Waals surface area contributed by atoms with Crippen LogP contribution in [0.1, 0.15) is 31.2 Å². The van der Waals surface area contributed by atoms with Crippen molar-refractivity contribution >= 4 is 17.5 Å². The summed E-state index contributed by atoms with van der Waals surface area (Å²) in [6.07, 6.45) is 4.65. The summed E-state index contributed by atoms with van der Waals surface area (Å²) >= 11 is 0. The van der Waals surface area contributed by atoms with Crippen molar-refractivity contribution in [3.63, 3.8) is 0 Å². The number of amides is 2. The highest BCUT2D eigenvalue weighted by molar-refractivity contribution is 5.95. The molecular formula is C24H28N2O3. The lowest BCUT2D eigenvalue weighted by Gasteiger charge is -2.32. The van der Waals surface area contributed by atoms with Crippen LogP contribution in [0, 0.1) is 5.92 Å². The second-order valence-electron chi connectivity index (χ2n) is 7.95. The molecule has 2 amide bonds. The van der Waals surface area contributed by atoms with Crippen molar-refractivity contribution in [1.29, 1.82) is 0 Å². The van der Waals surface area contributed by atoms with Crippen molar-refractivity contribution in [2.45, 2.75) is 32.1 Å². The van der Waals surface area contributed by atoms with E-state index in [0.29, 0.717) is 18.1 Å². The Labute approximate surface area is 172 Å². The minimum absolute atomic E-state index is 0.0332. The first kappa shape index (κ1) is 19.5. The molecule has 0 saturated carbocycles. The molecule has 2 aliphatic rings. The fraction of sp³-hybridized carbons (Fsp3) is 0.417. The molecule has 0 N–H and O–H groups in total. The molecule has 0 aliphatic carbocycles. The van der Waals surface area contributed by atoms with Crippen LogP contribution in [0.15, 0.2) is 54.6 Å². The number of rotatable bonds is 6. The largest absolute Gasteiger partial charge is 0.484 e. The fourth-order valence-electron chi connectivity index (χ4n) is 4.23. The van der Waals surface area contributed by atoms with E-state index >= 15 is 0 Å². The van der Waals surface area contributed by atoms with E-state index in [-0.39, 0.29) is 18.4 Å². The third-order valence-corrected chi connectivity index (χ3v) is 5.90. The number of anilines is 1. The van der Waals surface area contributed by atoms with Gasteiger partial charge in [0.15, 0.2) is 6.61 Å². The van der Waals surface area contributed by atoms with Crippen LogP contribution in [0.3, 0.4) is 0 Å². The maximum absolute atomic E-state index is 12.6. The van der Waals surface area contributed by atoms with Gasteiger partial charge in [0.1, 0.15) is 5.75 Å². The Morgan fingerprint density at radius 3 is 2.52 bits per heavy atom. The number of benzene rings is 2. The predicted molar refractivity (Wildman–Crippen MR) is 113 cm³/mol. The predicted octanol–water partition coefficient (Wildman–Crippen LogP) is 3.67. The maximum Gasteiger partial charge on any atom is 0.260 e. The SMILES string of the molecule is O=C(COc1cccc(N2CCCC2=O)c1)N1CCC(Cc2ccccc2)CC1. The molecule has 152 valence electrons. The second-order valence-corrected chi connectivity index (χ2v) is 7.95. The van der Waals surface area contributed by atoms with Crippen LogP contribution in [0.5, 0.6) is 5.75 Å². The van der Waals surface area contributed by atoms with E-state index in [1.54, 1.807) is 4.90 Å². The summed E-state index contributed by atoms with van der Waals surface area (Å²) in [6, 6.07) is 18.0. The molecule has 0 spiro atoms. The van der Waals surface area contributed by atoms with E-state index < -0.39 is 0 Å². The molecular weight excluding hydrogens is 364 g/mol. The third-order valence-electron chi connectivity index (χ3n) is 5.90. The Hall–Kier alpha value is -2.82. The molecule has 4 rings (SSSR count). The van der Waals surface area contributed by atoms with Crippen molar-refractivity contribution in [2.75, 3.05) is 31.1 Å². The number of hydrogen-bond donors (Lipinski definition) is 0. The van der Waals surface area contributed by atoms with Gasteiger partial charge >= 0.3 is 0 Å². The summed E-state index contributed by atoms with van der Waals surface area (Å²) in [5.74, 6) is 1.45. The quantitative estimate of drug-likeness (QED) is 0.754. The van der Waals surface area contributed by atoms with Crippen LogP contribution >= 0.6 is 0 Å². The van der Waals surface area contributed by atoms with Crippen LogP contribution in [0.4, 0.5) is 5.69 Å². The summed E-state index contributed by atoms with van der Waals surface area (Å²) < 4.78 is 5.75. The molecule has 0 radical (unpaired) electrons. The molecule has 2 heterocycles. The van der Waals surface area contributed by atoms with E-state index in [0.717, 1.165) is 51.0 Å². The van der Waals surface area contributed by atoms with E-state index in [4.69, 9.17) is 4.74 Å². The summed E-state index contributed by atoms with van der Waals surface area (Å²) in [7, 11) is 0. The zero-order valence-electron chi connectivity index (χ0n) is 16.8. The lowest BCUT2D eigenvalue weighted by atomic mass is 9.90. The first-order valence-electron chi connectivity index (χ1n) is 10.5. The van der Waals surface area contributed by atoms with Gasteiger partial charge in [0.05, 0.1) is 0 Å². The Balaban J connectivity index is 1.25. The minimum Gasteiger partial charge on any atom is -0.484 e. The minimum atomic E-state index is 0.0332. The summed E-state index contributed by atoms with van der Waals surface area (Å²) in [6.45, 7) is 2.38. The first-order valence-corrected chi connectivity index (χ1v) is 10.5. The summed E-state index contributed by atoms with van der Waals surface area (Å²) in [4.78, 5) is 28.2. The number of hydrogen-bond acceptors (Lipinski definition) is 3. The average molecular weight is 392 g/mol. The molecule has 2 aromatic rings. The van der Waals surface area contributed by atoms with Crippen molar-refractivity contribution in [1.82, 2.24) is 4.90 Å². The number of carbonyl (C=O) groups excluding carboxylic acids is 2. The van der Waals surface area contributed by atoms with Gasteiger partial charge < -0.3 is 14.5 Å². The molecule has 0 aromatic heterocycles. The Kier molecular flexibility index (Phi) is 6.13. The van der Waals surface area contributed by atoms with Crippen molar-refractivity contribution in [3.05, 3.63) is 60.2 Å². The van der Waals surface area contributed by atoms with E-state index in [9.17, 15) is 9.59 Å². The Morgan fingerprint density at radius 2 is 1.79 bits per heavy atom. The molecule has 5 nitrogen and oxygen atoms in total. The van der Waals surface area contributed by atoms with Gasteiger partial charge in [-0.05, 0) is 49.3 Å². The molecule has 2 fully saturated rings. The lowest BCUT2D eigenvalue weighted by Crippen LogP contribution is -2.41. The van der Waals surface area contributed by atoms with Gasteiger partial charge in [-0.2, -0.15) is 0 Å². The standard InChI is InChI=1S/C24H28N2O3/c27-23-10-5-13-26(23)21-8-4-9-22(17-21)29-18-24(28)25-14-11-20(12-15-25)16-19-6-2-1-3-7-19/h1-4,6-9,17,20H,5,10-16,18H2. The van der Waals surface area contributed by atoms with E-state index in [2.05, 4.69) is 24.3 Å². The monoisotopic (exact) mass is 392 g/mol. The Morgan fingerprint density at radius 1 is 1.00 bits per heavy atom. The fourth-order valence-corrected chi connectivity index (χ4v) is 4.23. The van der Waals surface area contributed by atoms with Crippen molar-refractivity contribution < 1.29 is 14.3 Å². The normalized spacial score (nSPS) is 17.6. The van der Waals surface area contributed by atoms with Crippen LogP contribution in [0.2, 0.25) is 0 Å². The molecule has 2 aromatic carbocycles. The molecule has 2 saturated heterocycles. The third kappa shape index (κ3) is 4.97. The van der Waals surface area contributed by atoms with Gasteiger partial charge in [-0.3, -0.25) is 9.59 Å². The highest BCUT2D eigenvalue weighted by Gasteiger charge is 2.24. The van der Waals surface area contributed by atoms with Crippen LogP contribution in [-0.4, -0.2) is 43.0 Å². The molecule has 0 unspecified atom stereocenters. The summed E-state index contributed by atoms with van der Waals surface area (Å²) in [5.41, 5.74) is 2.22. The van der Waals surface area contributed by atoms with Gasteiger partial charge in [-0.25, -0.2) is 0 Å². The number of piperidine rings is 1. The zero-order valence-corrected chi connectivity index (χ0v) is 16.8. The number of ether oxygens (including phenoxy) is 1. The number of carbonyl (C=O) groups is 2. The molecule has 0 atom stereocenters. The zero-order chi connectivity index (χ0) is 20.1. The highest BCUT2D eigenvalue weighted by Crippen LogP contribution is 2.26. The van der Waals surface area contributed by atoms with Gasteiger partial charge in [-0.15, -0.1) is 0 Å². The van der Waals surface area contributed by atoms with Crippen LogP contribution < -0.4 is 9.64 Å². The van der Waals surface area contributed by atoms with Gasteiger partial charge in [0.2, 0.25) is 5.91 Å². The maximum atomic E-state index is 12.6. The first-order chi connectivity index (χ1) is 14.2. The van der Waals surface area contributed by atoms with Crippen LogP contribution in [-0.2, 0) is 16.0 Å². The van der Waals surface area contributed by atoms with E-state index in [1.807, 2.05) is 35.2 Å². The van der Waals surface area contributed by atoms with Crippen molar-refractivity contribution in [2.24, 2.45) is 5.92 Å². The number of likely N-dealkylation sites (tertiary alicyclic amines) is 1. The van der Waals surface area contributed by atoms with Gasteiger partial charge in [0.25, 0.3) is 5.91 Å². The molecule has 5 heteroatoms. The lowest BCUT2D eigenvalue weighted by molar-refractivity contribution is -0.134. The highest BCUT2D eigenvalue weighted by atomic mass is 16.5. The topological polar surface area (TPSA) is 49.9 Å². The number of nitrogens with zero attached hydrogens (tertiary/aromatic N) is 2. The van der Waals surface area contributed by atoms with E-state index in [1.165, 1.54) is 5.56 Å². The summed E-state index contributed by atoms with van der Waals surface area (Å²) in [5, 5.41) is 0. The molecule has 29 heavy (non-hydrogen) atoms. The second kappa shape index (κ2) is 9.12. The Bertz CT molecular complexity index is 844. The molecule has 2 aliphatic heterocycles. The van der Waals surface area contributed by atoms with Gasteiger partial charge in [0, 0.05) is 37.8 Å². The van der Waals surface area contributed by atoms with Gasteiger partial charge in [-0.1, -0.05) is 36.4 Å². The molecule has 0 bridgehead atoms. The smallest absolute Gasteiger partial charge is 0.260 e. The van der Waals surface area contributed by atoms with Crippen LogP contribution in [0.25, 0.3) is 0 Å². The average Bonchev–Trinajstić information content (AvgIpc) is 3.19.